The molecule has 2 heteroatoms. The van der Waals surface area contributed by atoms with Crippen LogP contribution in [0.2, 0.25) is 0 Å². The molecule has 0 unspecified atom stereocenters. The zero-order chi connectivity index (χ0) is 42.8. The Bertz CT molecular complexity index is 1190. The highest BCUT2D eigenvalue weighted by Gasteiger charge is 2.67. The van der Waals surface area contributed by atoms with Crippen molar-refractivity contribution in [2.45, 2.75) is 293 Å². The molecule has 4 saturated carbocycles. The summed E-state index contributed by atoms with van der Waals surface area (Å²) in [7, 11) is 0. The predicted octanol–water partition coefficient (Wildman–Crippen LogP) is 18.7. The lowest BCUT2D eigenvalue weighted by molar-refractivity contribution is -0.210. The first kappa shape index (κ1) is 50.9. The van der Waals surface area contributed by atoms with E-state index in [-0.39, 0.29) is 17.5 Å². The Morgan fingerprint density at radius 1 is 0.559 bits per heavy atom. The van der Waals surface area contributed by atoms with Crippen molar-refractivity contribution < 1.29 is 9.53 Å². The molecule has 2 nitrogen and oxygen atoms in total. The molecule has 0 aromatic heterocycles. The highest BCUT2D eigenvalue weighted by Crippen LogP contribution is 2.74. The topological polar surface area (TPSA) is 26.3 Å². The molecule has 0 spiro atoms. The number of hydrogen-bond donors (Lipinski definition) is 0. The van der Waals surface area contributed by atoms with E-state index in [0.717, 1.165) is 36.5 Å². The van der Waals surface area contributed by atoms with E-state index in [9.17, 15) is 4.79 Å². The van der Waals surface area contributed by atoms with Crippen LogP contribution in [0.1, 0.15) is 287 Å². The van der Waals surface area contributed by atoms with E-state index < -0.39 is 0 Å². The van der Waals surface area contributed by atoms with Crippen molar-refractivity contribution in [3.63, 3.8) is 0 Å². The van der Waals surface area contributed by atoms with Crippen molar-refractivity contribution in [1.29, 1.82) is 0 Å². The Labute approximate surface area is 370 Å². The van der Waals surface area contributed by atoms with Crippen LogP contribution >= 0.6 is 0 Å². The van der Waals surface area contributed by atoms with Crippen molar-refractivity contribution in [2.24, 2.45) is 51.2 Å². The predicted molar refractivity (Wildman–Crippen MR) is 258 cm³/mol. The second-order valence-electron chi connectivity index (χ2n) is 23.4. The van der Waals surface area contributed by atoms with Gasteiger partial charge in [-0.1, -0.05) is 208 Å². The molecule has 4 rings (SSSR count). The molecule has 0 aliphatic heterocycles. The highest BCUT2D eigenvalue weighted by atomic mass is 16.5. The molecule has 0 saturated heterocycles. The van der Waals surface area contributed by atoms with Crippen LogP contribution < -0.4 is 0 Å². The van der Waals surface area contributed by atoms with E-state index >= 15 is 0 Å². The maximum Gasteiger partial charge on any atom is 0.306 e. The van der Waals surface area contributed by atoms with Crippen LogP contribution in [0.5, 0.6) is 0 Å². The molecule has 0 bridgehead atoms. The molecule has 0 radical (unpaired) electrons. The van der Waals surface area contributed by atoms with Gasteiger partial charge in [0, 0.05) is 11.8 Å². The first-order chi connectivity index (χ1) is 28.3. The first-order valence-electron chi connectivity index (χ1n) is 27.1. The van der Waals surface area contributed by atoms with Gasteiger partial charge in [-0.05, 0) is 123 Å². The van der Waals surface area contributed by atoms with Gasteiger partial charge in [-0.3, -0.25) is 4.79 Å². The van der Waals surface area contributed by atoms with Gasteiger partial charge < -0.3 is 4.74 Å². The van der Waals surface area contributed by atoms with E-state index in [4.69, 9.17) is 4.74 Å². The van der Waals surface area contributed by atoms with Crippen molar-refractivity contribution in [3.05, 3.63) is 12.2 Å². The van der Waals surface area contributed by atoms with Gasteiger partial charge in [0.25, 0.3) is 0 Å². The maximum absolute atomic E-state index is 13.3. The number of carbonyl (C=O) groups excluding carboxylic acids is 1. The Hall–Kier alpha value is -0.790. The van der Waals surface area contributed by atoms with Gasteiger partial charge in [0.1, 0.15) is 6.10 Å². The fraction of sp³-hybridized carbons (Fsp3) is 0.947. The second-order valence-corrected chi connectivity index (χ2v) is 23.4. The minimum atomic E-state index is 0.0530. The molecule has 4 fully saturated rings. The maximum atomic E-state index is 13.3. The number of ether oxygens (including phenoxy) is 1. The van der Waals surface area contributed by atoms with Crippen molar-refractivity contribution in [1.82, 2.24) is 0 Å². The summed E-state index contributed by atoms with van der Waals surface area (Å²) < 4.78 is 6.44. The Kier molecular flexibility index (Phi) is 22.0. The summed E-state index contributed by atoms with van der Waals surface area (Å²) in [6, 6.07) is 0. The van der Waals surface area contributed by atoms with Gasteiger partial charge in [0.05, 0.1) is 0 Å². The summed E-state index contributed by atoms with van der Waals surface area (Å²) in [5, 5.41) is 0. The molecule has 59 heavy (non-hydrogen) atoms. The molecule has 0 heterocycles. The normalized spacial score (nSPS) is 31.6. The molecule has 0 aromatic rings. The smallest absolute Gasteiger partial charge is 0.306 e. The van der Waals surface area contributed by atoms with Crippen molar-refractivity contribution in [2.75, 3.05) is 0 Å². The van der Waals surface area contributed by atoms with Gasteiger partial charge >= 0.3 is 5.97 Å². The van der Waals surface area contributed by atoms with Crippen LogP contribution in [0.15, 0.2) is 12.2 Å². The SMILES string of the molecule is C=C(C)CCC[C@@H](C)[C@H]1CC[C@@]2(C)[C@@H]3CC[C@H]4C(C)(C)[C@H](OC(=O)CCCCCCCCCCCCCCCCCCCCCCCCCC)CC[C@]4(C)[C@H]3CC[C@]12C. The largest absolute Gasteiger partial charge is 0.462 e. The van der Waals surface area contributed by atoms with Crippen LogP contribution in [0.25, 0.3) is 0 Å². The van der Waals surface area contributed by atoms with Crippen LogP contribution in [0.3, 0.4) is 0 Å². The zero-order valence-corrected chi connectivity index (χ0v) is 41.4. The average Bonchev–Trinajstić information content (AvgIpc) is 3.48. The Morgan fingerprint density at radius 3 is 1.53 bits per heavy atom. The minimum Gasteiger partial charge on any atom is -0.462 e. The average molecular weight is 821 g/mol. The summed E-state index contributed by atoms with van der Waals surface area (Å²) >= 11 is 0. The molecule has 0 N–H and O–H groups in total. The quantitative estimate of drug-likeness (QED) is 0.0396. The number of carbonyl (C=O) groups is 1. The van der Waals surface area contributed by atoms with Crippen LogP contribution in [0, 0.1) is 51.2 Å². The Morgan fingerprint density at radius 2 is 1.03 bits per heavy atom. The molecule has 4 aliphatic rings. The van der Waals surface area contributed by atoms with Crippen LogP contribution in [-0.2, 0) is 9.53 Å². The number of esters is 1. The lowest BCUT2D eigenvalue weighted by atomic mass is 9.38. The van der Waals surface area contributed by atoms with Gasteiger partial charge in [-0.2, -0.15) is 0 Å². The monoisotopic (exact) mass is 821 g/mol. The van der Waals surface area contributed by atoms with Crippen LogP contribution in [-0.4, -0.2) is 12.1 Å². The van der Waals surface area contributed by atoms with Gasteiger partial charge in [0.15, 0.2) is 0 Å². The standard InChI is InChI=1S/C57H104O2/c1-10-11-12-13-14-15-16-17-18-19-20-21-22-23-24-25-26-27-28-29-30-31-32-33-37-53(58)59-52-42-43-55(7)49-41-45-56(8)48(47(4)36-34-35-46(2)3)40-44-57(56,9)50(49)38-39-51(55)54(52,5)6/h47-52H,2,10-45H2,1,3-9H3/t47-,48-,49+,50-,51+,52-,55-,56-,57+/m1/s1. The van der Waals surface area contributed by atoms with E-state index in [1.54, 1.807) is 0 Å². The molecular weight excluding hydrogens is 717 g/mol. The molecule has 9 atom stereocenters. The van der Waals surface area contributed by atoms with E-state index in [0.29, 0.717) is 28.6 Å². The van der Waals surface area contributed by atoms with E-state index in [1.807, 2.05) is 0 Å². The molecule has 344 valence electrons. The number of rotatable bonds is 31. The second kappa shape index (κ2) is 25.5. The fourth-order valence-corrected chi connectivity index (χ4v) is 15.0. The lowest BCUT2D eigenvalue weighted by Gasteiger charge is -2.67. The number of unbranched alkanes of at least 4 members (excludes halogenated alkanes) is 23. The number of hydrogen-bond acceptors (Lipinski definition) is 2. The highest BCUT2D eigenvalue weighted by molar-refractivity contribution is 5.69. The van der Waals surface area contributed by atoms with Gasteiger partial charge in [-0.15, -0.1) is 6.58 Å². The van der Waals surface area contributed by atoms with Crippen molar-refractivity contribution in [3.8, 4) is 0 Å². The summed E-state index contributed by atoms with van der Waals surface area (Å²) in [5.41, 5.74) is 2.72. The minimum absolute atomic E-state index is 0.0530. The van der Waals surface area contributed by atoms with E-state index in [2.05, 4.69) is 62.0 Å². The summed E-state index contributed by atoms with van der Waals surface area (Å²) in [6.07, 6.45) is 48.9. The molecule has 0 amide bonds. The third-order valence-corrected chi connectivity index (χ3v) is 18.9. The third-order valence-electron chi connectivity index (χ3n) is 18.9. The zero-order valence-electron chi connectivity index (χ0n) is 41.4. The summed E-state index contributed by atoms with van der Waals surface area (Å²) in [5.74, 6) is 4.11. The molecule has 4 aliphatic carbocycles. The van der Waals surface area contributed by atoms with E-state index in [1.165, 1.54) is 217 Å². The lowest BCUT2D eigenvalue weighted by Crippen LogP contribution is -2.62. The fourth-order valence-electron chi connectivity index (χ4n) is 15.0. The first-order valence-corrected chi connectivity index (χ1v) is 27.1. The summed E-state index contributed by atoms with van der Waals surface area (Å²) in [6.45, 7) is 24.4. The number of fused-ring (bicyclic) bond motifs is 5. The van der Waals surface area contributed by atoms with Gasteiger partial charge in [-0.25, -0.2) is 0 Å². The summed E-state index contributed by atoms with van der Waals surface area (Å²) in [4.78, 5) is 13.3. The van der Waals surface area contributed by atoms with Crippen molar-refractivity contribution >= 4 is 5.97 Å². The van der Waals surface area contributed by atoms with Crippen LogP contribution in [0.4, 0.5) is 0 Å². The number of allylic oxidation sites excluding steroid dienone is 1. The third kappa shape index (κ3) is 14.1. The molecule has 0 aromatic carbocycles. The van der Waals surface area contributed by atoms with Gasteiger partial charge in [0.2, 0.25) is 0 Å². The Balaban J connectivity index is 1.02. The molecular formula is C57H104O2.